The Morgan fingerprint density at radius 2 is 1.62 bits per heavy atom. The summed E-state index contributed by atoms with van der Waals surface area (Å²) in [5.41, 5.74) is 0.0878. The van der Waals surface area contributed by atoms with E-state index in [1.807, 2.05) is 0 Å². The van der Waals surface area contributed by atoms with Crippen molar-refractivity contribution in [2.75, 3.05) is 6.61 Å². The van der Waals surface area contributed by atoms with Gasteiger partial charge >= 0.3 is 0 Å². The topological polar surface area (TPSA) is 170 Å². The molecule has 2 heterocycles. The van der Waals surface area contributed by atoms with Crippen LogP contribution in [0.4, 0.5) is 0 Å². The first kappa shape index (κ1) is 23.8. The third-order valence-corrected chi connectivity index (χ3v) is 5.03. The molecule has 1 aliphatic carbocycles. The lowest BCUT2D eigenvalue weighted by Crippen LogP contribution is -2.60. The summed E-state index contributed by atoms with van der Waals surface area (Å²) in [5.74, 6) is -0.247. The predicted octanol–water partition coefficient (Wildman–Crippen LogP) is 0.423. The number of hydrogen-bond acceptors (Lipinski definition) is 10. The summed E-state index contributed by atoms with van der Waals surface area (Å²) in [6.45, 7) is -0.634. The maximum atomic E-state index is 11.8. The zero-order valence-corrected chi connectivity index (χ0v) is 17.2. The molecule has 0 amide bonds. The molecule has 172 valence electrons. The van der Waals surface area contributed by atoms with Crippen LogP contribution in [-0.2, 0) is 4.74 Å². The van der Waals surface area contributed by atoms with E-state index < -0.39 is 42.7 Å². The van der Waals surface area contributed by atoms with E-state index in [1.165, 1.54) is 36.4 Å². The molecular formula is C21H21ClO10. The molecule has 32 heavy (non-hydrogen) atoms. The van der Waals surface area contributed by atoms with E-state index in [4.69, 9.17) is 13.9 Å². The number of benzene rings is 2. The average Bonchev–Trinajstić information content (AvgIpc) is 2.74. The first-order chi connectivity index (χ1) is 14.8. The lowest BCUT2D eigenvalue weighted by Gasteiger charge is -2.39. The minimum atomic E-state index is -1.67. The largest absolute Gasteiger partial charge is 0.508 e. The molecule has 0 saturated carbocycles. The van der Waals surface area contributed by atoms with E-state index in [-0.39, 0.29) is 46.7 Å². The van der Waals surface area contributed by atoms with Crippen LogP contribution < -0.4 is 10.2 Å². The fraction of sp³-hybridized carbons (Fsp3) is 0.286. The van der Waals surface area contributed by atoms with Crippen molar-refractivity contribution in [3.05, 3.63) is 52.7 Å². The number of hydrogen-bond donors (Lipinski definition) is 6. The van der Waals surface area contributed by atoms with E-state index in [2.05, 4.69) is 0 Å². The second-order valence-electron chi connectivity index (χ2n) is 7.16. The molecule has 2 aliphatic heterocycles. The lowest BCUT2D eigenvalue weighted by atomic mass is 9.99. The van der Waals surface area contributed by atoms with Crippen LogP contribution >= 0.6 is 12.4 Å². The zero-order valence-electron chi connectivity index (χ0n) is 16.4. The van der Waals surface area contributed by atoms with E-state index >= 15 is 0 Å². The van der Waals surface area contributed by atoms with Gasteiger partial charge in [-0.15, -0.1) is 12.4 Å². The van der Waals surface area contributed by atoms with Crippen molar-refractivity contribution in [1.82, 2.24) is 0 Å². The molecule has 0 bridgehead atoms. The first-order valence-corrected chi connectivity index (χ1v) is 9.36. The van der Waals surface area contributed by atoms with Gasteiger partial charge in [0.1, 0.15) is 41.7 Å². The number of aromatic hydroxyl groups is 2. The van der Waals surface area contributed by atoms with Gasteiger partial charge in [-0.2, -0.15) is 0 Å². The van der Waals surface area contributed by atoms with Gasteiger partial charge in [0.2, 0.25) is 6.29 Å². The number of phenolic OH excluding ortho intramolecular Hbond substituents is 2. The molecule has 0 radical (unpaired) electrons. The van der Waals surface area contributed by atoms with Crippen LogP contribution in [0.15, 0.2) is 51.7 Å². The number of halogens is 1. The third-order valence-electron chi connectivity index (χ3n) is 5.03. The van der Waals surface area contributed by atoms with Crippen molar-refractivity contribution < 1.29 is 44.5 Å². The van der Waals surface area contributed by atoms with Gasteiger partial charge in [-0.25, -0.2) is 0 Å². The second kappa shape index (κ2) is 9.33. The highest BCUT2D eigenvalue weighted by Gasteiger charge is 2.45. The molecule has 3 aliphatic rings. The van der Waals surface area contributed by atoms with Gasteiger partial charge in [-0.3, -0.25) is 4.79 Å². The predicted molar refractivity (Wildman–Crippen MR) is 112 cm³/mol. The summed E-state index contributed by atoms with van der Waals surface area (Å²) >= 11 is 0. The van der Waals surface area contributed by atoms with Crippen LogP contribution in [0.1, 0.15) is 0 Å². The Morgan fingerprint density at radius 1 is 0.938 bits per heavy atom. The fourth-order valence-electron chi connectivity index (χ4n) is 3.37. The summed E-state index contributed by atoms with van der Waals surface area (Å²) in [4.78, 5) is 11.8. The van der Waals surface area contributed by atoms with Crippen LogP contribution in [0, 0.1) is 0 Å². The van der Waals surface area contributed by atoms with Crippen molar-refractivity contribution in [3.8, 4) is 39.9 Å². The van der Waals surface area contributed by atoms with Crippen molar-refractivity contribution in [1.29, 1.82) is 0 Å². The van der Waals surface area contributed by atoms with E-state index in [0.717, 1.165) is 6.07 Å². The van der Waals surface area contributed by atoms with Gasteiger partial charge in [0.15, 0.2) is 16.9 Å². The molecule has 4 rings (SSSR count). The normalized spacial score (nSPS) is 25.3. The molecule has 1 saturated heterocycles. The molecule has 5 atom stereocenters. The summed E-state index contributed by atoms with van der Waals surface area (Å²) in [6.07, 6.45) is -7.56. The summed E-state index contributed by atoms with van der Waals surface area (Å²) in [7, 11) is 0. The molecule has 0 spiro atoms. The standard InChI is InChI=1S/C21H20O10.ClH/c22-8-16-17(26)18(27)19(28)21(31-16)30-15-7-12-13(25)5-11(24)6-14(12)29-20(15)9-1-3-10(23)4-2-9;/h1-7,16-19,21-23,25-28H,8H2;1H/t16-,17-,18+,19-,21-;/m1./s1. The molecule has 0 unspecified atom stereocenters. The summed E-state index contributed by atoms with van der Waals surface area (Å²) < 4.78 is 16.9. The number of ether oxygens (including phenoxy) is 2. The first-order valence-electron chi connectivity index (χ1n) is 9.36. The highest BCUT2D eigenvalue weighted by molar-refractivity contribution is 5.85. The molecule has 6 N–H and O–H groups in total. The number of aliphatic hydroxyl groups is 4. The minimum Gasteiger partial charge on any atom is -0.508 e. The SMILES string of the molecule is Cl.O=c1cc2oc(-c3ccc(O)cc3)c(O[C@@H]3O[C@H](CO)[C@@H](O)[C@H](O)[C@H]3O)cc-2c(O)c1. The van der Waals surface area contributed by atoms with Crippen molar-refractivity contribution in [2.45, 2.75) is 30.7 Å². The van der Waals surface area contributed by atoms with Crippen molar-refractivity contribution >= 4 is 12.4 Å². The number of aliphatic hydroxyl groups excluding tert-OH is 4. The van der Waals surface area contributed by atoms with Crippen LogP contribution in [0.5, 0.6) is 17.2 Å². The van der Waals surface area contributed by atoms with E-state index in [1.54, 1.807) is 0 Å². The molecule has 1 aromatic rings. The molecule has 1 aromatic carbocycles. The molecule has 10 nitrogen and oxygen atoms in total. The van der Waals surface area contributed by atoms with Crippen molar-refractivity contribution in [3.63, 3.8) is 0 Å². The third kappa shape index (κ3) is 4.37. The Morgan fingerprint density at radius 3 is 2.28 bits per heavy atom. The fourth-order valence-corrected chi connectivity index (χ4v) is 3.37. The van der Waals surface area contributed by atoms with Gasteiger partial charge in [-0.05, 0) is 30.3 Å². The number of rotatable bonds is 4. The Balaban J connectivity index is 0.00000289. The highest BCUT2D eigenvalue weighted by atomic mass is 35.5. The monoisotopic (exact) mass is 468 g/mol. The van der Waals surface area contributed by atoms with Gasteiger partial charge in [0, 0.05) is 17.7 Å². The second-order valence-corrected chi connectivity index (χ2v) is 7.16. The van der Waals surface area contributed by atoms with E-state index in [0.29, 0.717) is 5.56 Å². The molecular weight excluding hydrogens is 448 g/mol. The Bertz CT molecular complexity index is 1100. The Hall–Kier alpha value is -2.86. The van der Waals surface area contributed by atoms with Gasteiger partial charge in [0.05, 0.1) is 12.2 Å². The van der Waals surface area contributed by atoms with Crippen LogP contribution in [0.3, 0.4) is 0 Å². The van der Waals surface area contributed by atoms with Gasteiger partial charge in [-0.1, -0.05) is 0 Å². The maximum Gasteiger partial charge on any atom is 0.229 e. The Labute approximate surface area is 187 Å². The smallest absolute Gasteiger partial charge is 0.229 e. The average molecular weight is 469 g/mol. The summed E-state index contributed by atoms with van der Waals surface area (Å²) in [5, 5.41) is 59.3. The molecule has 0 aromatic heterocycles. The van der Waals surface area contributed by atoms with Gasteiger partial charge < -0.3 is 44.5 Å². The quantitative estimate of drug-likeness (QED) is 0.315. The zero-order chi connectivity index (χ0) is 22.3. The highest BCUT2D eigenvalue weighted by Crippen LogP contribution is 2.41. The number of fused-ring (bicyclic) bond motifs is 1. The van der Waals surface area contributed by atoms with Crippen LogP contribution in [0.25, 0.3) is 22.6 Å². The number of phenols is 2. The van der Waals surface area contributed by atoms with Crippen LogP contribution in [0.2, 0.25) is 0 Å². The molecule has 11 heteroatoms. The maximum absolute atomic E-state index is 11.8. The summed E-state index contributed by atoms with van der Waals surface area (Å²) in [6, 6.07) is 9.36. The van der Waals surface area contributed by atoms with Crippen molar-refractivity contribution in [2.24, 2.45) is 0 Å². The lowest BCUT2D eigenvalue weighted by molar-refractivity contribution is -0.277. The Kier molecular flexibility index (Phi) is 6.94. The van der Waals surface area contributed by atoms with E-state index in [9.17, 15) is 35.4 Å². The minimum absolute atomic E-state index is 0. The van der Waals surface area contributed by atoms with Gasteiger partial charge in [0.25, 0.3) is 0 Å². The van der Waals surface area contributed by atoms with Crippen LogP contribution in [-0.4, -0.2) is 68.0 Å². The molecule has 1 fully saturated rings.